The normalized spacial score (nSPS) is 10.2. The van der Waals surface area contributed by atoms with Gasteiger partial charge in [-0.2, -0.15) is 0 Å². The average Bonchev–Trinajstić information content (AvgIpc) is 2.39. The van der Waals surface area contributed by atoms with Crippen LogP contribution in [0.2, 0.25) is 5.02 Å². The molecule has 0 spiro atoms. The summed E-state index contributed by atoms with van der Waals surface area (Å²) < 4.78 is 18.6. The number of hydrogen-bond donors (Lipinski definition) is 1. The summed E-state index contributed by atoms with van der Waals surface area (Å²) in [5.41, 5.74) is 0.0591. The molecule has 0 bridgehead atoms. The van der Waals surface area contributed by atoms with Gasteiger partial charge in [0.25, 0.3) is 0 Å². The summed E-state index contributed by atoms with van der Waals surface area (Å²) in [5.74, 6) is -1.57. The van der Waals surface area contributed by atoms with E-state index in [1.807, 2.05) is 0 Å². The summed E-state index contributed by atoms with van der Waals surface area (Å²) >= 11 is 5.67. The Hall–Kier alpha value is -2.14. The van der Waals surface area contributed by atoms with Crippen LogP contribution in [0.25, 0.3) is 0 Å². The smallest absolute Gasteiger partial charge is 0.356 e. The number of carboxylic acid groups (broad SMARTS) is 1. The van der Waals surface area contributed by atoms with E-state index in [0.717, 1.165) is 0 Å². The summed E-state index contributed by atoms with van der Waals surface area (Å²) in [7, 11) is 0. The van der Waals surface area contributed by atoms with Gasteiger partial charge >= 0.3 is 5.97 Å². The van der Waals surface area contributed by atoms with Crippen molar-refractivity contribution in [3.63, 3.8) is 0 Å². The van der Waals surface area contributed by atoms with E-state index in [0.29, 0.717) is 5.56 Å². The molecule has 6 heteroatoms. The van der Waals surface area contributed by atoms with Gasteiger partial charge in [-0.3, -0.25) is 0 Å². The fraction of sp³-hybridized carbons (Fsp3) is 0.0769. The third-order valence-corrected chi connectivity index (χ3v) is 2.66. The summed E-state index contributed by atoms with van der Waals surface area (Å²) in [6.45, 7) is -0.0413. The summed E-state index contributed by atoms with van der Waals surface area (Å²) in [6.07, 6.45) is 0. The Morgan fingerprint density at radius 1 is 1.32 bits per heavy atom. The molecule has 0 aliphatic heterocycles. The Kier molecular flexibility index (Phi) is 3.97. The molecule has 2 aromatic rings. The van der Waals surface area contributed by atoms with Crippen molar-refractivity contribution in [2.75, 3.05) is 0 Å². The van der Waals surface area contributed by atoms with Crippen LogP contribution in [-0.4, -0.2) is 16.1 Å². The van der Waals surface area contributed by atoms with Crippen molar-refractivity contribution in [2.45, 2.75) is 6.61 Å². The number of carbonyl (C=O) groups is 1. The topological polar surface area (TPSA) is 59.4 Å². The van der Waals surface area contributed by atoms with Crippen LogP contribution in [-0.2, 0) is 6.61 Å². The number of aromatic nitrogens is 1. The number of rotatable bonds is 4. The van der Waals surface area contributed by atoms with Crippen LogP contribution in [0.5, 0.6) is 5.88 Å². The molecular formula is C13H9ClFNO3. The van der Waals surface area contributed by atoms with Crippen LogP contribution in [0.4, 0.5) is 4.39 Å². The van der Waals surface area contributed by atoms with E-state index in [-0.39, 0.29) is 23.2 Å². The molecule has 2 rings (SSSR count). The van der Waals surface area contributed by atoms with Gasteiger partial charge in [0.1, 0.15) is 12.4 Å². The zero-order valence-electron chi connectivity index (χ0n) is 9.64. The van der Waals surface area contributed by atoms with E-state index in [1.165, 1.54) is 18.2 Å². The quantitative estimate of drug-likeness (QED) is 0.935. The van der Waals surface area contributed by atoms with Crippen molar-refractivity contribution >= 4 is 17.6 Å². The number of ether oxygens (including phenoxy) is 1. The maximum Gasteiger partial charge on any atom is 0.356 e. The van der Waals surface area contributed by atoms with Crippen molar-refractivity contribution in [1.29, 1.82) is 0 Å². The number of benzene rings is 1. The van der Waals surface area contributed by atoms with Crippen molar-refractivity contribution in [3.05, 3.63) is 58.5 Å². The maximum atomic E-state index is 13.3. The largest absolute Gasteiger partial charge is 0.476 e. The second-order valence-electron chi connectivity index (χ2n) is 3.67. The molecule has 0 radical (unpaired) electrons. The number of carboxylic acids is 1. The van der Waals surface area contributed by atoms with Gasteiger partial charge in [-0.15, -0.1) is 0 Å². The lowest BCUT2D eigenvalue weighted by Crippen LogP contribution is -2.05. The molecule has 4 nitrogen and oxygen atoms in total. The molecule has 0 saturated heterocycles. The fourth-order valence-corrected chi connectivity index (χ4v) is 1.61. The van der Waals surface area contributed by atoms with E-state index in [4.69, 9.17) is 21.4 Å². The molecule has 1 N–H and O–H groups in total. The predicted octanol–water partition coefficient (Wildman–Crippen LogP) is 3.15. The van der Waals surface area contributed by atoms with Crippen LogP contribution < -0.4 is 4.74 Å². The van der Waals surface area contributed by atoms with Crippen molar-refractivity contribution in [1.82, 2.24) is 4.98 Å². The average molecular weight is 282 g/mol. The minimum absolute atomic E-state index is 0.0192. The lowest BCUT2D eigenvalue weighted by molar-refractivity contribution is 0.0689. The molecule has 19 heavy (non-hydrogen) atoms. The van der Waals surface area contributed by atoms with E-state index >= 15 is 0 Å². The van der Waals surface area contributed by atoms with E-state index < -0.39 is 11.8 Å². The van der Waals surface area contributed by atoms with Gasteiger partial charge in [-0.1, -0.05) is 29.8 Å². The van der Waals surface area contributed by atoms with Gasteiger partial charge in [0.2, 0.25) is 5.88 Å². The van der Waals surface area contributed by atoms with Gasteiger partial charge in [0.05, 0.1) is 5.02 Å². The lowest BCUT2D eigenvalue weighted by Gasteiger charge is -2.07. The van der Waals surface area contributed by atoms with E-state index in [2.05, 4.69) is 4.98 Å². The SMILES string of the molecule is O=C(O)c1nc(OCc2ccccc2F)ccc1Cl. The Bertz CT molecular complexity index is 619. The third kappa shape index (κ3) is 3.20. The highest BCUT2D eigenvalue weighted by molar-refractivity contribution is 6.33. The molecule has 0 aliphatic rings. The second-order valence-corrected chi connectivity index (χ2v) is 4.07. The first-order valence-electron chi connectivity index (χ1n) is 5.34. The minimum atomic E-state index is -1.25. The lowest BCUT2D eigenvalue weighted by atomic mass is 10.2. The second kappa shape index (κ2) is 5.67. The zero-order valence-corrected chi connectivity index (χ0v) is 10.4. The highest BCUT2D eigenvalue weighted by atomic mass is 35.5. The first-order chi connectivity index (χ1) is 9.08. The van der Waals surface area contributed by atoms with Gasteiger partial charge in [0.15, 0.2) is 5.69 Å². The molecule has 0 atom stereocenters. The number of nitrogens with zero attached hydrogens (tertiary/aromatic N) is 1. The molecule has 1 aromatic heterocycles. The van der Waals surface area contributed by atoms with Crippen LogP contribution in [0, 0.1) is 5.82 Å². The zero-order chi connectivity index (χ0) is 13.8. The maximum absolute atomic E-state index is 13.3. The molecule has 1 heterocycles. The standard InChI is InChI=1S/C13H9ClFNO3/c14-9-5-6-11(16-12(9)13(17)18)19-7-8-3-1-2-4-10(8)15/h1-6H,7H2,(H,17,18). The Labute approximate surface area is 113 Å². The highest BCUT2D eigenvalue weighted by Crippen LogP contribution is 2.19. The first kappa shape index (κ1) is 13.3. The molecule has 0 fully saturated rings. The van der Waals surface area contributed by atoms with Crippen LogP contribution in [0.1, 0.15) is 16.1 Å². The third-order valence-electron chi connectivity index (χ3n) is 2.36. The number of pyridine rings is 1. The van der Waals surface area contributed by atoms with Gasteiger partial charge in [0, 0.05) is 11.6 Å². The van der Waals surface area contributed by atoms with Crippen LogP contribution in [0.3, 0.4) is 0 Å². The monoisotopic (exact) mass is 281 g/mol. The first-order valence-corrected chi connectivity index (χ1v) is 5.72. The minimum Gasteiger partial charge on any atom is -0.476 e. The number of aromatic carboxylic acids is 1. The summed E-state index contributed by atoms with van der Waals surface area (Å²) in [6, 6.07) is 8.94. The fourth-order valence-electron chi connectivity index (χ4n) is 1.42. The Morgan fingerprint density at radius 3 is 2.74 bits per heavy atom. The summed E-state index contributed by atoms with van der Waals surface area (Å²) in [4.78, 5) is 14.6. The van der Waals surface area contributed by atoms with E-state index in [9.17, 15) is 9.18 Å². The van der Waals surface area contributed by atoms with Gasteiger partial charge < -0.3 is 9.84 Å². The van der Waals surface area contributed by atoms with Crippen molar-refractivity contribution in [3.8, 4) is 5.88 Å². The van der Waals surface area contributed by atoms with Crippen LogP contribution in [0.15, 0.2) is 36.4 Å². The molecule has 98 valence electrons. The molecule has 1 aromatic carbocycles. The highest BCUT2D eigenvalue weighted by Gasteiger charge is 2.12. The molecule has 0 amide bonds. The molecule has 0 unspecified atom stereocenters. The number of hydrogen-bond acceptors (Lipinski definition) is 3. The Balaban J connectivity index is 2.14. The predicted molar refractivity (Wildman–Crippen MR) is 66.9 cm³/mol. The Morgan fingerprint density at radius 2 is 2.05 bits per heavy atom. The van der Waals surface area contributed by atoms with Gasteiger partial charge in [-0.25, -0.2) is 14.2 Å². The molecule has 0 saturated carbocycles. The van der Waals surface area contributed by atoms with Crippen LogP contribution >= 0.6 is 11.6 Å². The summed E-state index contributed by atoms with van der Waals surface area (Å²) in [5, 5.41) is 8.88. The van der Waals surface area contributed by atoms with E-state index in [1.54, 1.807) is 18.2 Å². The number of halogens is 2. The van der Waals surface area contributed by atoms with Crippen molar-refractivity contribution < 1.29 is 19.0 Å². The van der Waals surface area contributed by atoms with Gasteiger partial charge in [-0.05, 0) is 12.1 Å². The molecular weight excluding hydrogens is 273 g/mol. The van der Waals surface area contributed by atoms with Crippen molar-refractivity contribution in [2.24, 2.45) is 0 Å². The molecule has 0 aliphatic carbocycles.